The van der Waals surface area contributed by atoms with Gasteiger partial charge in [0.25, 0.3) is 0 Å². The number of ether oxygens (including phenoxy) is 4. The van der Waals surface area contributed by atoms with Crippen LogP contribution in [0.5, 0.6) is 17.2 Å². The molecular weight excluding hydrogens is 340 g/mol. The van der Waals surface area contributed by atoms with Crippen molar-refractivity contribution in [2.24, 2.45) is 5.92 Å². The van der Waals surface area contributed by atoms with Crippen LogP contribution in [0.4, 0.5) is 4.79 Å². The zero-order chi connectivity index (χ0) is 19.7. The van der Waals surface area contributed by atoms with E-state index in [0.29, 0.717) is 17.2 Å². The van der Waals surface area contributed by atoms with E-state index in [1.807, 2.05) is 13.8 Å². The number of rotatable bonds is 9. The lowest BCUT2D eigenvalue weighted by Gasteiger charge is -2.22. The van der Waals surface area contributed by atoms with E-state index in [0.717, 1.165) is 5.56 Å². The average Bonchev–Trinajstić information content (AvgIpc) is 2.63. The molecule has 26 heavy (non-hydrogen) atoms. The summed E-state index contributed by atoms with van der Waals surface area (Å²) in [4.78, 5) is 24.1. The Hall–Kier alpha value is -2.64. The number of alkyl carbamates (subject to hydrolysis) is 1. The minimum absolute atomic E-state index is 0.105. The van der Waals surface area contributed by atoms with Gasteiger partial charge in [-0.1, -0.05) is 13.8 Å². The van der Waals surface area contributed by atoms with E-state index in [9.17, 15) is 9.59 Å². The Labute approximate surface area is 154 Å². The van der Waals surface area contributed by atoms with Crippen LogP contribution in [-0.2, 0) is 16.1 Å². The normalized spacial score (nSPS) is 11.5. The van der Waals surface area contributed by atoms with E-state index in [1.54, 1.807) is 19.1 Å². The first-order chi connectivity index (χ1) is 12.4. The van der Waals surface area contributed by atoms with Gasteiger partial charge < -0.3 is 29.6 Å². The second-order valence-corrected chi connectivity index (χ2v) is 5.82. The number of nitrogens with one attached hydrogen (secondary N) is 2. The number of benzene rings is 1. The van der Waals surface area contributed by atoms with Crippen LogP contribution in [0.1, 0.15) is 26.3 Å². The smallest absolute Gasteiger partial charge is 0.407 e. The third kappa shape index (κ3) is 5.72. The molecule has 0 saturated carbocycles. The van der Waals surface area contributed by atoms with Gasteiger partial charge in [0, 0.05) is 18.2 Å². The summed E-state index contributed by atoms with van der Waals surface area (Å²) in [5.41, 5.74) is 0.720. The SMILES string of the molecule is CCOC(=O)NC(C(=O)NCc1cc(OC)c(OC)cc1OC)C(C)C. The average molecular weight is 368 g/mol. The Kier molecular flexibility index (Phi) is 8.54. The molecule has 1 atom stereocenters. The largest absolute Gasteiger partial charge is 0.496 e. The molecule has 8 heteroatoms. The van der Waals surface area contributed by atoms with Crippen LogP contribution >= 0.6 is 0 Å². The zero-order valence-electron chi connectivity index (χ0n) is 16.2. The molecular formula is C18H28N2O6. The van der Waals surface area contributed by atoms with Crippen molar-refractivity contribution in [1.29, 1.82) is 0 Å². The third-order valence-corrected chi connectivity index (χ3v) is 3.74. The van der Waals surface area contributed by atoms with Gasteiger partial charge in [0.1, 0.15) is 11.8 Å². The summed E-state index contributed by atoms with van der Waals surface area (Å²) in [5, 5.41) is 5.38. The van der Waals surface area contributed by atoms with Crippen LogP contribution in [0.25, 0.3) is 0 Å². The van der Waals surface area contributed by atoms with Crippen molar-refractivity contribution in [2.45, 2.75) is 33.4 Å². The zero-order valence-corrected chi connectivity index (χ0v) is 16.2. The molecule has 2 N–H and O–H groups in total. The van der Waals surface area contributed by atoms with Gasteiger partial charge in [-0.05, 0) is 18.9 Å². The summed E-state index contributed by atoms with van der Waals surface area (Å²) in [7, 11) is 4.60. The molecule has 0 aromatic heterocycles. The molecule has 0 heterocycles. The molecule has 1 aromatic carbocycles. The van der Waals surface area contributed by atoms with Crippen molar-refractivity contribution in [3.05, 3.63) is 17.7 Å². The molecule has 0 aliphatic heterocycles. The highest BCUT2D eigenvalue weighted by Crippen LogP contribution is 2.34. The lowest BCUT2D eigenvalue weighted by molar-refractivity contribution is -0.124. The standard InChI is InChI=1S/C18H28N2O6/c1-7-26-18(22)20-16(11(2)3)17(21)19-10-12-8-14(24-5)15(25-6)9-13(12)23-4/h8-9,11,16H,7,10H2,1-6H3,(H,19,21)(H,20,22). The molecule has 1 rings (SSSR count). The monoisotopic (exact) mass is 368 g/mol. The van der Waals surface area contributed by atoms with Crippen molar-refractivity contribution in [3.63, 3.8) is 0 Å². The highest BCUT2D eigenvalue weighted by molar-refractivity contribution is 5.85. The summed E-state index contributed by atoms with van der Waals surface area (Å²) in [6, 6.07) is 2.72. The maximum absolute atomic E-state index is 12.5. The van der Waals surface area contributed by atoms with Crippen LogP contribution in [-0.4, -0.2) is 46.0 Å². The van der Waals surface area contributed by atoms with Crippen LogP contribution in [0, 0.1) is 5.92 Å². The van der Waals surface area contributed by atoms with Crippen molar-refractivity contribution < 1.29 is 28.5 Å². The number of carbonyl (C=O) groups excluding carboxylic acids is 2. The van der Waals surface area contributed by atoms with Gasteiger partial charge in [-0.3, -0.25) is 4.79 Å². The van der Waals surface area contributed by atoms with Gasteiger partial charge >= 0.3 is 6.09 Å². The van der Waals surface area contributed by atoms with Crippen molar-refractivity contribution in [3.8, 4) is 17.2 Å². The predicted octanol–water partition coefficient (Wildman–Crippen LogP) is 2.10. The first-order valence-corrected chi connectivity index (χ1v) is 8.37. The number of hydrogen-bond acceptors (Lipinski definition) is 6. The molecule has 0 fully saturated rings. The van der Waals surface area contributed by atoms with Crippen molar-refractivity contribution in [1.82, 2.24) is 10.6 Å². The summed E-state index contributed by atoms with van der Waals surface area (Å²) >= 11 is 0. The fourth-order valence-electron chi connectivity index (χ4n) is 2.36. The third-order valence-electron chi connectivity index (χ3n) is 3.74. The second-order valence-electron chi connectivity index (χ2n) is 5.82. The van der Waals surface area contributed by atoms with E-state index < -0.39 is 12.1 Å². The van der Waals surface area contributed by atoms with E-state index in [1.165, 1.54) is 21.3 Å². The quantitative estimate of drug-likeness (QED) is 0.693. The Morgan fingerprint density at radius 3 is 2.08 bits per heavy atom. The van der Waals surface area contributed by atoms with Gasteiger partial charge in [-0.25, -0.2) is 4.79 Å². The highest BCUT2D eigenvalue weighted by atomic mass is 16.5. The highest BCUT2D eigenvalue weighted by Gasteiger charge is 2.25. The Morgan fingerprint density at radius 2 is 1.58 bits per heavy atom. The first kappa shape index (κ1) is 21.4. The van der Waals surface area contributed by atoms with Gasteiger partial charge in [-0.15, -0.1) is 0 Å². The molecule has 0 spiro atoms. The van der Waals surface area contributed by atoms with E-state index in [2.05, 4.69) is 10.6 Å². The topological polar surface area (TPSA) is 95.1 Å². The molecule has 0 aliphatic carbocycles. The first-order valence-electron chi connectivity index (χ1n) is 8.37. The van der Waals surface area contributed by atoms with Gasteiger partial charge in [0.15, 0.2) is 11.5 Å². The second kappa shape index (κ2) is 10.4. The van der Waals surface area contributed by atoms with Gasteiger partial charge in [0.05, 0.1) is 27.9 Å². The fraction of sp³-hybridized carbons (Fsp3) is 0.556. The lowest BCUT2D eigenvalue weighted by Crippen LogP contribution is -2.49. The Morgan fingerprint density at radius 1 is 1.00 bits per heavy atom. The maximum Gasteiger partial charge on any atom is 0.407 e. The molecule has 1 aromatic rings. The van der Waals surface area contributed by atoms with Crippen molar-refractivity contribution >= 4 is 12.0 Å². The van der Waals surface area contributed by atoms with Gasteiger partial charge in [-0.2, -0.15) is 0 Å². The molecule has 0 saturated heterocycles. The molecule has 0 bridgehead atoms. The predicted molar refractivity (Wildman–Crippen MR) is 96.7 cm³/mol. The summed E-state index contributed by atoms with van der Waals surface area (Å²) in [5.74, 6) is 1.20. The van der Waals surface area contributed by atoms with E-state index >= 15 is 0 Å². The number of carbonyl (C=O) groups is 2. The van der Waals surface area contributed by atoms with Crippen molar-refractivity contribution in [2.75, 3.05) is 27.9 Å². The summed E-state index contributed by atoms with van der Waals surface area (Å²) in [6.45, 7) is 5.82. The van der Waals surface area contributed by atoms with Crippen LogP contribution in [0.15, 0.2) is 12.1 Å². The Balaban J connectivity index is 2.88. The van der Waals surface area contributed by atoms with Crippen LogP contribution < -0.4 is 24.8 Å². The number of hydrogen-bond donors (Lipinski definition) is 2. The summed E-state index contributed by atoms with van der Waals surface area (Å²) < 4.78 is 20.7. The molecule has 1 unspecified atom stereocenters. The minimum Gasteiger partial charge on any atom is -0.496 e. The number of amides is 2. The van der Waals surface area contributed by atoms with E-state index in [-0.39, 0.29) is 25.0 Å². The fourth-order valence-corrected chi connectivity index (χ4v) is 2.36. The molecule has 8 nitrogen and oxygen atoms in total. The summed E-state index contributed by atoms with van der Waals surface area (Å²) in [6.07, 6.45) is -0.620. The maximum atomic E-state index is 12.5. The lowest BCUT2D eigenvalue weighted by atomic mass is 10.0. The minimum atomic E-state index is -0.708. The van der Waals surface area contributed by atoms with Crippen LogP contribution in [0.2, 0.25) is 0 Å². The Bertz CT molecular complexity index is 618. The number of methoxy groups -OCH3 is 3. The van der Waals surface area contributed by atoms with Gasteiger partial charge in [0.2, 0.25) is 5.91 Å². The van der Waals surface area contributed by atoms with E-state index in [4.69, 9.17) is 18.9 Å². The molecule has 2 amide bonds. The molecule has 0 radical (unpaired) electrons. The molecule has 0 aliphatic rings. The van der Waals surface area contributed by atoms with Crippen LogP contribution in [0.3, 0.4) is 0 Å². The molecule has 146 valence electrons.